The number of nitrogens with zero attached hydrogens (tertiary/aromatic N) is 1. The fourth-order valence-electron chi connectivity index (χ4n) is 2.88. The van der Waals surface area contributed by atoms with E-state index in [-0.39, 0.29) is 0 Å². The Morgan fingerprint density at radius 2 is 1.78 bits per heavy atom. The highest BCUT2D eigenvalue weighted by Gasteiger charge is 2.16. The molecule has 1 fully saturated rings. The molecule has 1 N–H and O–H groups in total. The fourth-order valence-corrected chi connectivity index (χ4v) is 2.88. The van der Waals surface area contributed by atoms with Gasteiger partial charge in [0.2, 0.25) is 0 Å². The van der Waals surface area contributed by atoms with Crippen LogP contribution in [0, 0.1) is 5.92 Å². The van der Waals surface area contributed by atoms with Crippen molar-refractivity contribution in [3.8, 4) is 0 Å². The van der Waals surface area contributed by atoms with Crippen molar-refractivity contribution in [3.63, 3.8) is 0 Å². The van der Waals surface area contributed by atoms with Crippen molar-refractivity contribution < 1.29 is 0 Å². The highest BCUT2D eigenvalue weighted by Crippen LogP contribution is 2.21. The van der Waals surface area contributed by atoms with E-state index < -0.39 is 0 Å². The molecule has 0 radical (unpaired) electrons. The van der Waals surface area contributed by atoms with Crippen LogP contribution in [0.2, 0.25) is 0 Å². The van der Waals surface area contributed by atoms with Crippen LogP contribution in [0.15, 0.2) is 0 Å². The third kappa shape index (κ3) is 7.38. The summed E-state index contributed by atoms with van der Waals surface area (Å²) >= 11 is 0. The molecule has 1 rings (SSSR count). The Morgan fingerprint density at radius 3 is 2.44 bits per heavy atom. The maximum Gasteiger partial charge on any atom is 0.00922 e. The predicted molar refractivity (Wildman–Crippen MR) is 81.1 cm³/mol. The molecule has 0 saturated heterocycles. The maximum atomic E-state index is 3.52. The maximum absolute atomic E-state index is 3.52. The van der Waals surface area contributed by atoms with Gasteiger partial charge in [0.05, 0.1) is 0 Å². The van der Waals surface area contributed by atoms with Crippen LogP contribution in [0.3, 0.4) is 0 Å². The third-order valence-corrected chi connectivity index (χ3v) is 4.12. The van der Waals surface area contributed by atoms with E-state index in [9.17, 15) is 0 Å². The summed E-state index contributed by atoms with van der Waals surface area (Å²) in [6, 6.07) is 0.887. The monoisotopic (exact) mass is 254 g/mol. The number of rotatable bonds is 9. The van der Waals surface area contributed by atoms with Gasteiger partial charge in [0.25, 0.3) is 0 Å². The number of unbranched alkanes of at least 4 members (excludes halogenated alkanes) is 2. The molecule has 2 heteroatoms. The van der Waals surface area contributed by atoms with Crippen LogP contribution in [-0.4, -0.2) is 37.6 Å². The Bertz CT molecular complexity index is 186. The van der Waals surface area contributed by atoms with E-state index in [1.165, 1.54) is 71.0 Å². The van der Waals surface area contributed by atoms with E-state index in [4.69, 9.17) is 0 Å². The molecule has 18 heavy (non-hydrogen) atoms. The number of hydrogen-bond acceptors (Lipinski definition) is 2. The minimum atomic E-state index is 0.780. The Kier molecular flexibility index (Phi) is 8.70. The summed E-state index contributed by atoms with van der Waals surface area (Å²) < 4.78 is 0. The molecule has 0 bridgehead atoms. The summed E-state index contributed by atoms with van der Waals surface area (Å²) in [6.07, 6.45) is 11.3. The fraction of sp³-hybridized carbons (Fsp3) is 1.00. The van der Waals surface area contributed by atoms with E-state index >= 15 is 0 Å². The van der Waals surface area contributed by atoms with Gasteiger partial charge in [-0.05, 0) is 58.3 Å². The van der Waals surface area contributed by atoms with E-state index in [0.717, 1.165) is 12.0 Å². The molecule has 0 aliphatic heterocycles. The molecule has 0 spiro atoms. The van der Waals surface area contributed by atoms with Gasteiger partial charge in [-0.25, -0.2) is 0 Å². The topological polar surface area (TPSA) is 15.3 Å². The first-order valence-electron chi connectivity index (χ1n) is 8.11. The number of hydrogen-bond donors (Lipinski definition) is 1. The van der Waals surface area contributed by atoms with Crippen LogP contribution < -0.4 is 5.32 Å². The normalized spacial score (nSPS) is 17.8. The standard InChI is InChI=1S/C16H34N2/c1-15(2)14-17-12-8-5-9-13-18(3)16-10-6-4-7-11-16/h15-17H,4-14H2,1-3H3. The van der Waals surface area contributed by atoms with Crippen molar-refractivity contribution in [2.24, 2.45) is 5.92 Å². The quantitative estimate of drug-likeness (QED) is 0.632. The van der Waals surface area contributed by atoms with Gasteiger partial charge in [-0.3, -0.25) is 0 Å². The summed E-state index contributed by atoms with van der Waals surface area (Å²) in [5.41, 5.74) is 0. The van der Waals surface area contributed by atoms with Crippen LogP contribution in [0.25, 0.3) is 0 Å². The second-order valence-electron chi connectivity index (χ2n) is 6.43. The molecule has 0 aromatic heterocycles. The molecule has 1 aliphatic rings. The van der Waals surface area contributed by atoms with E-state index in [0.29, 0.717) is 0 Å². The second kappa shape index (κ2) is 9.80. The van der Waals surface area contributed by atoms with Gasteiger partial charge in [-0.1, -0.05) is 39.5 Å². The van der Waals surface area contributed by atoms with E-state index in [1.54, 1.807) is 0 Å². The van der Waals surface area contributed by atoms with Gasteiger partial charge in [-0.2, -0.15) is 0 Å². The van der Waals surface area contributed by atoms with Crippen molar-refractivity contribution >= 4 is 0 Å². The lowest BCUT2D eigenvalue weighted by atomic mass is 9.94. The van der Waals surface area contributed by atoms with Crippen LogP contribution >= 0.6 is 0 Å². The third-order valence-electron chi connectivity index (χ3n) is 4.12. The van der Waals surface area contributed by atoms with Gasteiger partial charge in [0, 0.05) is 6.04 Å². The summed E-state index contributed by atoms with van der Waals surface area (Å²) in [7, 11) is 2.33. The Hall–Kier alpha value is -0.0800. The first-order valence-corrected chi connectivity index (χ1v) is 8.11. The van der Waals surface area contributed by atoms with Crippen LogP contribution in [-0.2, 0) is 0 Å². The summed E-state index contributed by atoms with van der Waals surface area (Å²) in [6.45, 7) is 8.21. The zero-order valence-corrected chi connectivity index (χ0v) is 12.9. The first kappa shape index (κ1) is 16.0. The van der Waals surface area contributed by atoms with Gasteiger partial charge < -0.3 is 10.2 Å². The Balaban J connectivity index is 1.90. The summed E-state index contributed by atoms with van der Waals surface area (Å²) in [5.74, 6) is 0.780. The summed E-state index contributed by atoms with van der Waals surface area (Å²) in [4.78, 5) is 2.61. The van der Waals surface area contributed by atoms with Crippen molar-refractivity contribution in [1.29, 1.82) is 0 Å². The molecule has 0 heterocycles. The average Bonchev–Trinajstić information content (AvgIpc) is 2.38. The first-order chi connectivity index (χ1) is 8.70. The second-order valence-corrected chi connectivity index (χ2v) is 6.43. The van der Waals surface area contributed by atoms with E-state index in [1.807, 2.05) is 0 Å². The van der Waals surface area contributed by atoms with Crippen LogP contribution in [0.1, 0.15) is 65.2 Å². The molecule has 0 atom stereocenters. The molecular weight excluding hydrogens is 220 g/mol. The molecule has 2 nitrogen and oxygen atoms in total. The van der Waals surface area contributed by atoms with Crippen molar-refractivity contribution in [2.45, 2.75) is 71.3 Å². The predicted octanol–water partition coefficient (Wildman–Crippen LogP) is 3.67. The molecule has 0 unspecified atom stereocenters. The highest BCUT2D eigenvalue weighted by atomic mass is 15.1. The van der Waals surface area contributed by atoms with Crippen molar-refractivity contribution in [1.82, 2.24) is 10.2 Å². The molecule has 108 valence electrons. The van der Waals surface area contributed by atoms with Crippen molar-refractivity contribution in [2.75, 3.05) is 26.7 Å². The van der Waals surface area contributed by atoms with Gasteiger partial charge in [0.15, 0.2) is 0 Å². The lowest BCUT2D eigenvalue weighted by Gasteiger charge is -2.31. The summed E-state index contributed by atoms with van der Waals surface area (Å²) in [5, 5.41) is 3.52. The van der Waals surface area contributed by atoms with Crippen LogP contribution in [0.4, 0.5) is 0 Å². The Labute approximate surface area is 115 Å². The van der Waals surface area contributed by atoms with E-state index in [2.05, 4.69) is 31.1 Å². The van der Waals surface area contributed by atoms with Gasteiger partial charge in [-0.15, -0.1) is 0 Å². The Morgan fingerprint density at radius 1 is 1.06 bits per heavy atom. The van der Waals surface area contributed by atoms with Crippen molar-refractivity contribution in [3.05, 3.63) is 0 Å². The van der Waals surface area contributed by atoms with Gasteiger partial charge in [0.1, 0.15) is 0 Å². The smallest absolute Gasteiger partial charge is 0.00922 e. The lowest BCUT2D eigenvalue weighted by Crippen LogP contribution is -2.34. The number of nitrogens with one attached hydrogen (secondary N) is 1. The minimum absolute atomic E-state index is 0.780. The molecular formula is C16H34N2. The lowest BCUT2D eigenvalue weighted by molar-refractivity contribution is 0.188. The average molecular weight is 254 g/mol. The molecule has 0 aromatic rings. The molecule has 0 amide bonds. The zero-order chi connectivity index (χ0) is 13.2. The zero-order valence-electron chi connectivity index (χ0n) is 12.9. The minimum Gasteiger partial charge on any atom is -0.316 e. The molecule has 1 saturated carbocycles. The largest absolute Gasteiger partial charge is 0.316 e. The van der Waals surface area contributed by atoms with Crippen LogP contribution in [0.5, 0.6) is 0 Å². The SMILES string of the molecule is CC(C)CNCCCCCN(C)C1CCCCC1. The molecule has 1 aliphatic carbocycles. The highest BCUT2D eigenvalue weighted by molar-refractivity contribution is 4.73. The van der Waals surface area contributed by atoms with Gasteiger partial charge >= 0.3 is 0 Å². The molecule has 0 aromatic carbocycles.